The predicted octanol–water partition coefficient (Wildman–Crippen LogP) is 5.84. The molecule has 0 aromatic heterocycles. The van der Waals surface area contributed by atoms with Gasteiger partial charge >= 0.3 is 0 Å². The average molecular weight is 317 g/mol. The molecule has 1 unspecified atom stereocenters. The van der Waals surface area contributed by atoms with Gasteiger partial charge in [0.1, 0.15) is 0 Å². The Kier molecular flexibility index (Phi) is 5.17. The van der Waals surface area contributed by atoms with E-state index in [9.17, 15) is 0 Å². The van der Waals surface area contributed by atoms with Crippen molar-refractivity contribution in [1.29, 1.82) is 0 Å². The van der Waals surface area contributed by atoms with Crippen LogP contribution in [-0.4, -0.2) is 11.5 Å². The fourth-order valence-corrected chi connectivity index (χ4v) is 5.68. The van der Waals surface area contributed by atoms with Crippen molar-refractivity contribution < 1.29 is 0 Å². The quantitative estimate of drug-likeness (QED) is 0.650. The molecule has 1 atom stereocenters. The van der Waals surface area contributed by atoms with Gasteiger partial charge in [-0.1, -0.05) is 48.5 Å². The molecule has 1 aliphatic rings. The summed E-state index contributed by atoms with van der Waals surface area (Å²) in [5.41, 5.74) is 1.38. The molecule has 1 fully saturated rings. The molecule has 2 aromatic carbocycles. The summed E-state index contributed by atoms with van der Waals surface area (Å²) in [4.78, 5) is 1.33. The van der Waals surface area contributed by atoms with E-state index in [0.29, 0.717) is 5.25 Å². The van der Waals surface area contributed by atoms with Crippen molar-refractivity contribution in [1.82, 2.24) is 0 Å². The monoisotopic (exact) mass is 316 g/mol. The summed E-state index contributed by atoms with van der Waals surface area (Å²) in [6.45, 7) is 0. The van der Waals surface area contributed by atoms with E-state index in [1.807, 2.05) is 35.3 Å². The van der Waals surface area contributed by atoms with E-state index in [0.717, 1.165) is 0 Å². The molecule has 1 heterocycles. The number of hydrogen-bond donors (Lipinski definition) is 0. The molecule has 0 spiro atoms. The van der Waals surface area contributed by atoms with Gasteiger partial charge in [-0.05, 0) is 23.8 Å². The van der Waals surface area contributed by atoms with Crippen LogP contribution in [0.5, 0.6) is 0 Å². The minimum atomic E-state index is 0.395. The van der Waals surface area contributed by atoms with Gasteiger partial charge < -0.3 is 0 Å². The summed E-state index contributed by atoms with van der Waals surface area (Å²) in [6.07, 6.45) is 2.43. The van der Waals surface area contributed by atoms with Gasteiger partial charge in [0.15, 0.2) is 0 Å². The van der Waals surface area contributed by atoms with Crippen molar-refractivity contribution in [2.24, 2.45) is 0 Å². The molecule has 0 nitrogen and oxygen atoms in total. The van der Waals surface area contributed by atoms with Crippen LogP contribution in [0.1, 0.15) is 10.8 Å². The van der Waals surface area contributed by atoms with Gasteiger partial charge in [-0.25, -0.2) is 0 Å². The first-order valence-corrected chi connectivity index (χ1v) is 9.51. The molecule has 0 bridgehead atoms. The number of thioether (sulfide) groups is 3. The predicted molar refractivity (Wildman–Crippen MR) is 94.5 cm³/mol. The Morgan fingerprint density at radius 2 is 1.45 bits per heavy atom. The highest BCUT2D eigenvalue weighted by Gasteiger charge is 2.15. The Labute approximate surface area is 133 Å². The second-order valence-electron chi connectivity index (χ2n) is 4.44. The van der Waals surface area contributed by atoms with Gasteiger partial charge in [-0.3, -0.25) is 0 Å². The Balaban J connectivity index is 1.85. The van der Waals surface area contributed by atoms with Gasteiger partial charge in [0.05, 0.1) is 5.25 Å². The minimum absolute atomic E-state index is 0.395. The van der Waals surface area contributed by atoms with Gasteiger partial charge in [-0.2, -0.15) is 0 Å². The maximum atomic E-state index is 2.43. The normalized spacial score (nSPS) is 16.1. The van der Waals surface area contributed by atoms with Crippen LogP contribution in [0.3, 0.4) is 0 Å². The van der Waals surface area contributed by atoms with Gasteiger partial charge in [0.25, 0.3) is 0 Å². The smallest absolute Gasteiger partial charge is 0.0543 e. The molecule has 0 saturated carbocycles. The first-order chi connectivity index (χ1) is 9.92. The van der Waals surface area contributed by atoms with Gasteiger partial charge in [-0.15, -0.1) is 35.3 Å². The highest BCUT2D eigenvalue weighted by molar-refractivity contribution is 8.25. The molecule has 3 rings (SSSR count). The van der Waals surface area contributed by atoms with Crippen LogP contribution < -0.4 is 0 Å². The highest BCUT2D eigenvalue weighted by Crippen LogP contribution is 2.43. The molecule has 0 N–H and O–H groups in total. The molecule has 102 valence electrons. The van der Waals surface area contributed by atoms with E-state index >= 15 is 0 Å². The highest BCUT2D eigenvalue weighted by atomic mass is 32.2. The van der Waals surface area contributed by atoms with Crippen molar-refractivity contribution in [2.75, 3.05) is 11.5 Å². The van der Waals surface area contributed by atoms with E-state index in [-0.39, 0.29) is 0 Å². The zero-order valence-corrected chi connectivity index (χ0v) is 13.5. The van der Waals surface area contributed by atoms with Crippen LogP contribution >= 0.6 is 35.3 Å². The molecule has 3 heteroatoms. The molecule has 0 amide bonds. The van der Waals surface area contributed by atoms with Crippen LogP contribution in [-0.2, 0) is 0 Å². The fourth-order valence-electron chi connectivity index (χ4n) is 2.03. The first-order valence-electron chi connectivity index (χ1n) is 6.66. The molecular weight excluding hydrogens is 300 g/mol. The summed E-state index contributed by atoms with van der Waals surface area (Å²) in [7, 11) is 0. The van der Waals surface area contributed by atoms with Crippen molar-refractivity contribution >= 4 is 35.3 Å². The maximum Gasteiger partial charge on any atom is 0.0543 e. The summed E-state index contributed by atoms with van der Waals surface area (Å²) < 4.78 is 1.47. The lowest BCUT2D eigenvalue weighted by atomic mass is 10.1. The second-order valence-corrected chi connectivity index (χ2v) is 8.19. The molecular formula is C17H16S3. The van der Waals surface area contributed by atoms with Gasteiger partial charge in [0.2, 0.25) is 0 Å². The standard InChI is InChI=1S/C17H16S3/c1-3-7-14(8-4-1)16(13-17-18-11-12-19-17)20-15-9-5-2-6-10-15/h1-10,13,16H,11-12H2. The lowest BCUT2D eigenvalue weighted by Crippen LogP contribution is -1.90. The van der Waals surface area contributed by atoms with E-state index in [2.05, 4.69) is 66.7 Å². The van der Waals surface area contributed by atoms with Crippen LogP contribution in [0.15, 0.2) is 75.9 Å². The Hall–Kier alpha value is -0.770. The van der Waals surface area contributed by atoms with Crippen LogP contribution in [0.25, 0.3) is 0 Å². The average Bonchev–Trinajstić information content (AvgIpc) is 3.02. The third-order valence-electron chi connectivity index (χ3n) is 2.99. The second kappa shape index (κ2) is 7.30. The van der Waals surface area contributed by atoms with Crippen molar-refractivity contribution in [3.05, 3.63) is 76.5 Å². The summed E-state index contributed by atoms with van der Waals surface area (Å²) in [6, 6.07) is 21.4. The van der Waals surface area contributed by atoms with E-state index in [4.69, 9.17) is 0 Å². The zero-order valence-electron chi connectivity index (χ0n) is 11.1. The Bertz CT molecular complexity index is 555. The van der Waals surface area contributed by atoms with E-state index in [1.54, 1.807) is 0 Å². The Morgan fingerprint density at radius 1 is 0.850 bits per heavy atom. The summed E-state index contributed by atoms with van der Waals surface area (Å²) in [5.74, 6) is 2.49. The SMILES string of the molecule is C(=C1SCCS1)C(Sc1ccccc1)c1ccccc1. The number of hydrogen-bond acceptors (Lipinski definition) is 3. The van der Waals surface area contributed by atoms with Crippen LogP contribution in [0, 0.1) is 0 Å². The van der Waals surface area contributed by atoms with E-state index < -0.39 is 0 Å². The third kappa shape index (κ3) is 3.87. The first kappa shape index (κ1) is 14.2. The lowest BCUT2D eigenvalue weighted by molar-refractivity contribution is 1.22. The van der Waals surface area contributed by atoms with Crippen molar-refractivity contribution in [3.63, 3.8) is 0 Å². The molecule has 1 aliphatic heterocycles. The fraction of sp³-hybridized carbons (Fsp3) is 0.176. The molecule has 1 saturated heterocycles. The van der Waals surface area contributed by atoms with E-state index in [1.165, 1.54) is 26.2 Å². The van der Waals surface area contributed by atoms with Crippen molar-refractivity contribution in [2.45, 2.75) is 10.1 Å². The molecule has 20 heavy (non-hydrogen) atoms. The molecule has 0 radical (unpaired) electrons. The largest absolute Gasteiger partial charge is 0.119 e. The number of benzene rings is 2. The van der Waals surface area contributed by atoms with Gasteiger partial charge in [0, 0.05) is 20.6 Å². The maximum absolute atomic E-state index is 2.43. The lowest BCUT2D eigenvalue weighted by Gasteiger charge is -2.14. The molecule has 0 aliphatic carbocycles. The number of rotatable bonds is 4. The van der Waals surface area contributed by atoms with Crippen LogP contribution in [0.4, 0.5) is 0 Å². The third-order valence-corrected chi connectivity index (χ3v) is 6.82. The minimum Gasteiger partial charge on any atom is -0.119 e. The summed E-state index contributed by atoms with van der Waals surface area (Å²) >= 11 is 5.90. The molecule has 2 aromatic rings. The zero-order chi connectivity index (χ0) is 13.6. The summed E-state index contributed by atoms with van der Waals surface area (Å²) in [5, 5.41) is 0.395. The van der Waals surface area contributed by atoms with Crippen LogP contribution in [0.2, 0.25) is 0 Å². The Morgan fingerprint density at radius 3 is 2.10 bits per heavy atom. The van der Waals surface area contributed by atoms with Crippen molar-refractivity contribution in [3.8, 4) is 0 Å². The topological polar surface area (TPSA) is 0 Å².